The van der Waals surface area contributed by atoms with Crippen molar-refractivity contribution in [2.75, 3.05) is 26.2 Å². The molecule has 1 amide bonds. The van der Waals surface area contributed by atoms with E-state index in [4.69, 9.17) is 4.74 Å². The molecular formula is C24H23F3N2O3. The lowest BCUT2D eigenvalue weighted by molar-refractivity contribution is -0.274. The number of aliphatic imine (C=N–C) groups is 1. The Morgan fingerprint density at radius 3 is 2.50 bits per heavy atom. The van der Waals surface area contributed by atoms with Gasteiger partial charge in [-0.25, -0.2) is 0 Å². The van der Waals surface area contributed by atoms with Crippen LogP contribution in [0.15, 0.2) is 59.6 Å². The van der Waals surface area contributed by atoms with Crippen molar-refractivity contribution in [1.82, 2.24) is 4.90 Å². The summed E-state index contributed by atoms with van der Waals surface area (Å²) >= 11 is 0. The Bertz CT molecular complexity index is 980. The van der Waals surface area contributed by atoms with Gasteiger partial charge in [-0.3, -0.25) is 9.79 Å². The van der Waals surface area contributed by atoms with Gasteiger partial charge in [0.2, 0.25) is 0 Å². The highest BCUT2D eigenvalue weighted by Crippen LogP contribution is 2.31. The summed E-state index contributed by atoms with van der Waals surface area (Å²) in [6.45, 7) is 3.66. The van der Waals surface area contributed by atoms with E-state index in [1.165, 1.54) is 24.3 Å². The highest BCUT2D eigenvalue weighted by atomic mass is 19.4. The van der Waals surface area contributed by atoms with Gasteiger partial charge in [0, 0.05) is 12.8 Å². The molecule has 1 heterocycles. The number of benzene rings is 2. The summed E-state index contributed by atoms with van der Waals surface area (Å²) in [4.78, 5) is 18.9. The van der Waals surface area contributed by atoms with Gasteiger partial charge in [-0.15, -0.1) is 26.0 Å². The Hall–Kier alpha value is -3.73. The minimum Gasteiger partial charge on any atom is -0.491 e. The zero-order valence-corrected chi connectivity index (χ0v) is 17.5. The van der Waals surface area contributed by atoms with Crippen LogP contribution in [0.25, 0.3) is 11.1 Å². The highest BCUT2D eigenvalue weighted by Gasteiger charge is 2.31. The van der Waals surface area contributed by atoms with Gasteiger partial charge in [-0.05, 0) is 48.4 Å². The first kappa shape index (κ1) is 24.5. The van der Waals surface area contributed by atoms with Gasteiger partial charge in [0.1, 0.15) is 18.1 Å². The van der Waals surface area contributed by atoms with Crippen LogP contribution in [-0.4, -0.2) is 49.6 Å². The molecule has 3 rings (SSSR count). The van der Waals surface area contributed by atoms with E-state index < -0.39 is 6.36 Å². The number of hydrogen-bond donors (Lipinski definition) is 0. The van der Waals surface area contributed by atoms with Crippen LogP contribution in [0.2, 0.25) is 0 Å². The smallest absolute Gasteiger partial charge is 0.491 e. The molecule has 0 radical (unpaired) electrons. The number of terminal acetylenes is 1. The number of nitrogens with zero attached hydrogens (tertiary/aromatic N) is 2. The average molecular weight is 444 g/mol. The number of halogens is 3. The summed E-state index contributed by atoms with van der Waals surface area (Å²) in [5.74, 6) is 0.0216. The van der Waals surface area contributed by atoms with Crippen LogP contribution in [0.3, 0.4) is 0 Å². The molecule has 0 aromatic heterocycles. The van der Waals surface area contributed by atoms with Crippen LogP contribution in [0.1, 0.15) is 17.3 Å². The molecule has 0 aliphatic carbocycles. The molecule has 0 N–H and O–H groups in total. The van der Waals surface area contributed by atoms with Crippen LogP contribution in [0.5, 0.6) is 11.5 Å². The van der Waals surface area contributed by atoms with Gasteiger partial charge in [0.15, 0.2) is 0 Å². The van der Waals surface area contributed by atoms with Crippen LogP contribution in [0.4, 0.5) is 13.2 Å². The monoisotopic (exact) mass is 444 g/mol. The Morgan fingerprint density at radius 1 is 1.16 bits per heavy atom. The minimum absolute atomic E-state index is 0.164. The zero-order valence-electron chi connectivity index (χ0n) is 17.5. The van der Waals surface area contributed by atoms with E-state index in [1.807, 2.05) is 19.1 Å². The van der Waals surface area contributed by atoms with Crippen molar-refractivity contribution in [3.63, 3.8) is 0 Å². The molecule has 1 aliphatic heterocycles. The van der Waals surface area contributed by atoms with Gasteiger partial charge in [0.25, 0.3) is 5.91 Å². The van der Waals surface area contributed by atoms with E-state index in [0.717, 1.165) is 0 Å². The van der Waals surface area contributed by atoms with Crippen LogP contribution < -0.4 is 9.47 Å². The zero-order chi connectivity index (χ0) is 23.6. The molecule has 32 heavy (non-hydrogen) atoms. The number of amides is 1. The van der Waals surface area contributed by atoms with E-state index in [-0.39, 0.29) is 11.7 Å². The molecule has 0 unspecified atom stereocenters. The minimum atomic E-state index is -4.74. The molecule has 5 nitrogen and oxygen atoms in total. The Kier molecular flexibility index (Phi) is 8.90. The van der Waals surface area contributed by atoms with E-state index in [0.29, 0.717) is 48.7 Å². The summed E-state index contributed by atoms with van der Waals surface area (Å²) in [6, 6.07) is 10.7. The van der Waals surface area contributed by atoms with Gasteiger partial charge in [-0.1, -0.05) is 24.3 Å². The first-order valence-corrected chi connectivity index (χ1v) is 9.74. The maximum atomic E-state index is 13.0. The van der Waals surface area contributed by atoms with E-state index in [9.17, 15) is 18.0 Å². The van der Waals surface area contributed by atoms with Gasteiger partial charge in [0.05, 0.1) is 18.7 Å². The third-order valence-corrected chi connectivity index (χ3v) is 4.42. The van der Waals surface area contributed by atoms with Crippen molar-refractivity contribution in [2.24, 2.45) is 4.99 Å². The third-order valence-electron chi connectivity index (χ3n) is 4.42. The number of carbonyl (C=O) groups is 1. The van der Waals surface area contributed by atoms with E-state index in [1.54, 1.807) is 29.3 Å². The summed E-state index contributed by atoms with van der Waals surface area (Å²) in [5.41, 5.74) is 1.77. The highest BCUT2D eigenvalue weighted by molar-refractivity contribution is 5.98. The molecule has 1 aliphatic rings. The van der Waals surface area contributed by atoms with Crippen molar-refractivity contribution < 1.29 is 27.4 Å². The molecule has 0 spiro atoms. The van der Waals surface area contributed by atoms with E-state index >= 15 is 0 Å². The Balaban J connectivity index is 0.00000176. The first-order chi connectivity index (χ1) is 15.4. The molecule has 0 saturated heterocycles. The maximum Gasteiger partial charge on any atom is 0.573 e. The second kappa shape index (κ2) is 11.6. The van der Waals surface area contributed by atoms with Gasteiger partial charge < -0.3 is 14.4 Å². The molecule has 0 fully saturated rings. The summed E-state index contributed by atoms with van der Waals surface area (Å²) in [6.07, 6.45) is 8.64. The third kappa shape index (κ3) is 6.91. The molecule has 2 aromatic carbocycles. The molecule has 168 valence electrons. The largest absolute Gasteiger partial charge is 0.573 e. The van der Waals surface area contributed by atoms with Crippen LogP contribution in [-0.2, 0) is 0 Å². The maximum absolute atomic E-state index is 13.0. The molecule has 8 heteroatoms. The topological polar surface area (TPSA) is 51.1 Å². The first-order valence-electron chi connectivity index (χ1n) is 9.74. The second-order valence-electron chi connectivity index (χ2n) is 6.50. The van der Waals surface area contributed by atoms with E-state index in [2.05, 4.69) is 22.6 Å². The Morgan fingerprint density at radius 2 is 1.84 bits per heavy atom. The predicted molar refractivity (Wildman–Crippen MR) is 118 cm³/mol. The van der Waals surface area contributed by atoms with Crippen molar-refractivity contribution in [3.05, 3.63) is 60.2 Å². The number of alkyl halides is 3. The second-order valence-corrected chi connectivity index (χ2v) is 6.50. The van der Waals surface area contributed by atoms with Crippen LogP contribution in [0, 0.1) is 12.8 Å². The number of rotatable bonds is 6. The molecular weight excluding hydrogens is 421 g/mol. The predicted octanol–water partition coefficient (Wildman–Crippen LogP) is 4.98. The fourth-order valence-electron chi connectivity index (χ4n) is 3.00. The molecule has 0 saturated carbocycles. The average Bonchev–Trinajstić information content (AvgIpc) is 2.93. The number of ether oxygens (including phenoxy) is 2. The van der Waals surface area contributed by atoms with Crippen LogP contribution >= 0.6 is 0 Å². The SMILES string of the molecule is C#C.C/C=C\C=NCCN1CCOc2ccc(-c3ccc(OC(F)(F)F)cc3)cc2C1=O. The lowest BCUT2D eigenvalue weighted by Crippen LogP contribution is -2.34. The normalized spacial score (nSPS) is 13.8. The van der Waals surface area contributed by atoms with Gasteiger partial charge >= 0.3 is 6.36 Å². The number of carbonyl (C=O) groups excluding carboxylic acids is 1. The molecule has 0 atom stereocenters. The number of fused-ring (bicyclic) bond motifs is 1. The van der Waals surface area contributed by atoms with Crippen molar-refractivity contribution in [1.29, 1.82) is 0 Å². The summed E-state index contributed by atoms with van der Waals surface area (Å²) in [7, 11) is 0. The van der Waals surface area contributed by atoms with Crippen molar-refractivity contribution >= 4 is 12.1 Å². The lowest BCUT2D eigenvalue weighted by atomic mass is 10.0. The molecule has 2 aromatic rings. The number of allylic oxidation sites excluding steroid dienone is 2. The molecule has 0 bridgehead atoms. The summed E-state index contributed by atoms with van der Waals surface area (Å²) in [5, 5.41) is 0. The summed E-state index contributed by atoms with van der Waals surface area (Å²) < 4.78 is 46.6. The van der Waals surface area contributed by atoms with Crippen molar-refractivity contribution in [3.8, 4) is 35.5 Å². The Labute approximate surface area is 185 Å². The number of hydrogen-bond acceptors (Lipinski definition) is 4. The van der Waals surface area contributed by atoms with Gasteiger partial charge in [-0.2, -0.15) is 0 Å². The van der Waals surface area contributed by atoms with Crippen molar-refractivity contribution in [2.45, 2.75) is 13.3 Å². The fourth-order valence-corrected chi connectivity index (χ4v) is 3.00. The standard InChI is InChI=1S/C22H21F3N2O3.C2H2/c1-2-3-10-26-11-12-27-13-14-29-20-9-6-17(15-19(20)21(27)28)16-4-7-18(8-5-16)30-22(23,24)25;1-2/h2-10,15H,11-14H2,1H3;1-2H/b3-2-,26-10?;. The lowest BCUT2D eigenvalue weighted by Gasteiger charge is -2.18. The quantitative estimate of drug-likeness (QED) is 0.466. The fraction of sp³-hybridized carbons (Fsp3) is 0.250.